The summed E-state index contributed by atoms with van der Waals surface area (Å²) in [6, 6.07) is 6.43. The van der Waals surface area contributed by atoms with Crippen molar-refractivity contribution in [1.29, 1.82) is 0 Å². The van der Waals surface area contributed by atoms with Gasteiger partial charge in [-0.05, 0) is 26.3 Å². The summed E-state index contributed by atoms with van der Waals surface area (Å²) in [6.07, 6.45) is -2.47. The molecule has 2 atom stereocenters. The van der Waals surface area contributed by atoms with E-state index in [-0.39, 0.29) is 4.90 Å². The van der Waals surface area contributed by atoms with E-state index in [1.54, 1.807) is 51.1 Å². The van der Waals surface area contributed by atoms with E-state index in [1.165, 1.54) is 0 Å². The zero-order valence-electron chi connectivity index (χ0n) is 12.5. The molecule has 1 heterocycles. The number of rotatable bonds is 3. The fraction of sp³-hybridized carbons (Fsp3) is 0.400. The van der Waals surface area contributed by atoms with E-state index in [0.717, 1.165) is 0 Å². The lowest BCUT2D eigenvalue weighted by Crippen LogP contribution is -2.45. The van der Waals surface area contributed by atoms with E-state index in [2.05, 4.69) is 5.32 Å². The van der Waals surface area contributed by atoms with Gasteiger partial charge in [0, 0.05) is 0 Å². The molecule has 3 amide bonds. The molecule has 0 saturated carbocycles. The van der Waals surface area contributed by atoms with Crippen LogP contribution in [0.1, 0.15) is 32.4 Å². The van der Waals surface area contributed by atoms with E-state index >= 15 is 0 Å². The van der Waals surface area contributed by atoms with Crippen molar-refractivity contribution in [2.24, 2.45) is 0 Å². The number of imide groups is 1. The van der Waals surface area contributed by atoms with E-state index < -0.39 is 35.8 Å². The molecule has 22 heavy (non-hydrogen) atoms. The lowest BCUT2D eigenvalue weighted by Gasteiger charge is -2.23. The summed E-state index contributed by atoms with van der Waals surface area (Å²) >= 11 is 0. The van der Waals surface area contributed by atoms with E-state index in [0.29, 0.717) is 5.56 Å². The number of nitrogens with zero attached hydrogens (tertiary/aromatic N) is 1. The first kappa shape index (κ1) is 15.9. The minimum absolute atomic E-state index is 0.256. The minimum Gasteiger partial charge on any atom is -0.456 e. The molecule has 1 saturated heterocycles. The molecule has 6 nitrogen and oxygen atoms in total. The van der Waals surface area contributed by atoms with Gasteiger partial charge in [0.2, 0.25) is 0 Å². The van der Waals surface area contributed by atoms with Crippen LogP contribution in [-0.2, 0) is 14.3 Å². The van der Waals surface area contributed by atoms with Crippen LogP contribution in [0.4, 0.5) is 9.18 Å². The summed E-state index contributed by atoms with van der Waals surface area (Å²) in [5, 5.41) is 2.36. The number of halogens is 1. The Kier molecular flexibility index (Phi) is 4.16. The molecule has 0 aromatic heterocycles. The van der Waals surface area contributed by atoms with Crippen molar-refractivity contribution in [2.45, 2.75) is 38.7 Å². The Morgan fingerprint density at radius 1 is 1.27 bits per heavy atom. The monoisotopic (exact) mass is 308 g/mol. The van der Waals surface area contributed by atoms with Gasteiger partial charge in [-0.2, -0.15) is 0 Å². The number of urea groups is 1. The Balaban J connectivity index is 2.17. The Hall–Kier alpha value is -2.44. The van der Waals surface area contributed by atoms with E-state index in [1.807, 2.05) is 0 Å². The van der Waals surface area contributed by atoms with Gasteiger partial charge in [0.1, 0.15) is 11.6 Å². The van der Waals surface area contributed by atoms with Crippen LogP contribution in [0.15, 0.2) is 30.3 Å². The van der Waals surface area contributed by atoms with Crippen molar-refractivity contribution in [3.63, 3.8) is 0 Å². The van der Waals surface area contributed by atoms with Crippen LogP contribution in [0, 0.1) is 0 Å². The van der Waals surface area contributed by atoms with Gasteiger partial charge in [0.15, 0.2) is 0 Å². The van der Waals surface area contributed by atoms with Crippen LogP contribution in [0.5, 0.6) is 0 Å². The first-order chi connectivity index (χ1) is 10.2. The van der Waals surface area contributed by atoms with Crippen LogP contribution in [0.25, 0.3) is 0 Å². The third kappa shape index (κ3) is 3.24. The summed E-state index contributed by atoms with van der Waals surface area (Å²) in [5.74, 6) is -2.10. The molecule has 1 aliphatic rings. The number of hydrogen-bond acceptors (Lipinski definition) is 4. The predicted molar refractivity (Wildman–Crippen MR) is 75.3 cm³/mol. The second-order valence-corrected chi connectivity index (χ2v) is 5.87. The van der Waals surface area contributed by atoms with E-state index in [4.69, 9.17) is 4.74 Å². The molecular weight excluding hydrogens is 291 g/mol. The normalized spacial score (nSPS) is 19.8. The van der Waals surface area contributed by atoms with E-state index in [9.17, 15) is 18.8 Å². The number of amides is 3. The molecule has 1 aliphatic heterocycles. The summed E-state index contributed by atoms with van der Waals surface area (Å²) in [7, 11) is 0. The number of benzene rings is 1. The molecule has 118 valence electrons. The van der Waals surface area contributed by atoms with Crippen LogP contribution in [0.2, 0.25) is 0 Å². The maximum absolute atomic E-state index is 14.2. The molecule has 1 aromatic carbocycles. The van der Waals surface area contributed by atoms with Gasteiger partial charge in [-0.25, -0.2) is 18.9 Å². The smallest absolute Gasteiger partial charge is 0.363 e. The maximum atomic E-state index is 14.2. The Morgan fingerprint density at radius 3 is 2.41 bits per heavy atom. The topological polar surface area (TPSA) is 75.7 Å². The minimum atomic E-state index is -2.47. The largest absolute Gasteiger partial charge is 0.456 e. The van der Waals surface area contributed by atoms with Crippen molar-refractivity contribution >= 4 is 17.9 Å². The number of hydrogen-bond donors (Lipinski definition) is 1. The number of esters is 1. The van der Waals surface area contributed by atoms with Crippen LogP contribution < -0.4 is 5.32 Å². The van der Waals surface area contributed by atoms with Gasteiger partial charge >= 0.3 is 12.0 Å². The third-order valence-electron chi connectivity index (χ3n) is 2.93. The first-order valence-corrected chi connectivity index (χ1v) is 6.76. The van der Waals surface area contributed by atoms with Gasteiger partial charge in [0.05, 0.1) is 0 Å². The predicted octanol–water partition coefficient (Wildman–Crippen LogP) is 1.92. The third-order valence-corrected chi connectivity index (χ3v) is 2.93. The van der Waals surface area contributed by atoms with Crippen molar-refractivity contribution in [3.8, 4) is 0 Å². The van der Waals surface area contributed by atoms with Crippen molar-refractivity contribution in [1.82, 2.24) is 10.2 Å². The Bertz CT molecular complexity index is 597. The maximum Gasteiger partial charge on any atom is 0.363 e. The SMILES string of the molecule is CC(C)(C)OC(=O)C(F)N1C(=O)NC(c2ccccc2)C1=O. The summed E-state index contributed by atoms with van der Waals surface area (Å²) in [5.41, 5.74) is -0.404. The van der Waals surface area contributed by atoms with Crippen molar-refractivity contribution < 1.29 is 23.5 Å². The van der Waals surface area contributed by atoms with Gasteiger partial charge < -0.3 is 10.1 Å². The van der Waals surface area contributed by atoms with Crippen molar-refractivity contribution in [3.05, 3.63) is 35.9 Å². The first-order valence-electron chi connectivity index (χ1n) is 6.76. The number of alkyl halides is 1. The highest BCUT2D eigenvalue weighted by atomic mass is 19.1. The zero-order chi connectivity index (χ0) is 16.5. The molecule has 1 fully saturated rings. The number of nitrogens with one attached hydrogen (secondary N) is 1. The number of carbonyl (C=O) groups excluding carboxylic acids is 3. The molecular formula is C15H17FN2O4. The fourth-order valence-corrected chi connectivity index (χ4v) is 2.04. The summed E-state index contributed by atoms with van der Waals surface area (Å²) in [4.78, 5) is 36.0. The second kappa shape index (κ2) is 5.75. The highest BCUT2D eigenvalue weighted by Gasteiger charge is 2.46. The quantitative estimate of drug-likeness (QED) is 0.526. The van der Waals surface area contributed by atoms with Gasteiger partial charge in [-0.15, -0.1) is 0 Å². The molecule has 0 spiro atoms. The zero-order valence-corrected chi connectivity index (χ0v) is 12.5. The lowest BCUT2D eigenvalue weighted by molar-refractivity contribution is -0.169. The molecule has 2 rings (SSSR count). The molecule has 0 radical (unpaired) electrons. The molecule has 1 N–H and O–H groups in total. The second-order valence-electron chi connectivity index (χ2n) is 5.87. The summed E-state index contributed by atoms with van der Waals surface area (Å²) < 4.78 is 19.1. The van der Waals surface area contributed by atoms with Crippen LogP contribution in [-0.4, -0.2) is 34.7 Å². The van der Waals surface area contributed by atoms with Gasteiger partial charge in [-0.3, -0.25) is 4.79 Å². The fourth-order valence-electron chi connectivity index (χ4n) is 2.04. The van der Waals surface area contributed by atoms with Crippen LogP contribution >= 0.6 is 0 Å². The molecule has 2 unspecified atom stereocenters. The molecule has 0 aliphatic carbocycles. The highest BCUT2D eigenvalue weighted by Crippen LogP contribution is 2.25. The molecule has 7 heteroatoms. The average Bonchev–Trinajstić information content (AvgIpc) is 2.72. The number of ether oxygens (including phenoxy) is 1. The summed E-state index contributed by atoms with van der Waals surface area (Å²) in [6.45, 7) is 4.70. The van der Waals surface area contributed by atoms with Gasteiger partial charge in [-0.1, -0.05) is 30.3 Å². The number of carbonyl (C=O) groups is 3. The van der Waals surface area contributed by atoms with Crippen LogP contribution in [0.3, 0.4) is 0 Å². The standard InChI is InChI=1S/C15H17FN2O4/c1-15(2,3)22-13(20)11(16)18-12(19)10(17-14(18)21)9-7-5-4-6-8-9/h4-8,10-11H,1-3H3,(H,17,21). The lowest BCUT2D eigenvalue weighted by atomic mass is 10.1. The van der Waals surface area contributed by atoms with Crippen molar-refractivity contribution in [2.75, 3.05) is 0 Å². The Labute approximate surface area is 127 Å². The highest BCUT2D eigenvalue weighted by molar-refractivity contribution is 6.07. The van der Waals surface area contributed by atoms with Gasteiger partial charge in [0.25, 0.3) is 12.2 Å². The average molecular weight is 308 g/mol. The molecule has 1 aromatic rings. The molecule has 0 bridgehead atoms. The Morgan fingerprint density at radius 2 is 1.86 bits per heavy atom.